The van der Waals surface area contributed by atoms with Gasteiger partial charge in [-0.25, -0.2) is 17.8 Å². The maximum atomic E-state index is 13.4. The number of morpholine rings is 1. The predicted octanol–water partition coefficient (Wildman–Crippen LogP) is 3.64. The minimum absolute atomic E-state index is 0.258. The number of halogens is 1. The molecule has 5 nitrogen and oxygen atoms in total. The Kier molecular flexibility index (Phi) is 5.05. The number of nitrogens with zero attached hydrogens (tertiary/aromatic N) is 2. The predicted molar refractivity (Wildman–Crippen MR) is 103 cm³/mol. The van der Waals surface area contributed by atoms with Crippen molar-refractivity contribution in [1.29, 1.82) is 0 Å². The number of aromatic nitrogens is 1. The van der Waals surface area contributed by atoms with E-state index in [0.717, 1.165) is 21.8 Å². The largest absolute Gasteiger partial charge is 0.379 e. The van der Waals surface area contributed by atoms with E-state index in [4.69, 9.17) is 4.74 Å². The molecule has 27 heavy (non-hydrogen) atoms. The third-order valence-corrected chi connectivity index (χ3v) is 7.14. The molecule has 0 bridgehead atoms. The number of hydrogen-bond acceptors (Lipinski definition) is 5. The van der Waals surface area contributed by atoms with Crippen LogP contribution in [0.1, 0.15) is 0 Å². The van der Waals surface area contributed by atoms with E-state index in [-0.39, 0.29) is 10.7 Å². The van der Waals surface area contributed by atoms with Crippen molar-refractivity contribution in [3.63, 3.8) is 0 Å². The summed E-state index contributed by atoms with van der Waals surface area (Å²) in [7, 11) is -3.51. The summed E-state index contributed by atoms with van der Waals surface area (Å²) in [6.45, 7) is 1.57. The van der Waals surface area contributed by atoms with Crippen molar-refractivity contribution < 1.29 is 17.5 Å². The first-order chi connectivity index (χ1) is 13.0. The van der Waals surface area contributed by atoms with Crippen LogP contribution in [0.4, 0.5) is 4.39 Å². The molecule has 0 unspecified atom stereocenters. The lowest BCUT2D eigenvalue weighted by Gasteiger charge is -2.26. The van der Waals surface area contributed by atoms with Gasteiger partial charge in [0.2, 0.25) is 10.0 Å². The first kappa shape index (κ1) is 18.2. The standard InChI is InChI=1S/C19H17FN2O3S2/c20-16-3-1-2-15(12-16)19-21-18(13-26-19)14-4-6-17(7-5-14)27(23,24)22-8-10-25-11-9-22/h1-7,12-13H,8-11H2. The second kappa shape index (κ2) is 7.47. The molecule has 0 amide bonds. The van der Waals surface area contributed by atoms with Crippen LogP contribution >= 0.6 is 11.3 Å². The zero-order valence-electron chi connectivity index (χ0n) is 14.3. The summed E-state index contributed by atoms with van der Waals surface area (Å²) >= 11 is 1.42. The lowest BCUT2D eigenvalue weighted by molar-refractivity contribution is 0.0730. The first-order valence-electron chi connectivity index (χ1n) is 8.44. The van der Waals surface area contributed by atoms with Gasteiger partial charge >= 0.3 is 0 Å². The van der Waals surface area contributed by atoms with Gasteiger partial charge in [0.05, 0.1) is 23.8 Å². The molecular formula is C19H17FN2O3S2. The van der Waals surface area contributed by atoms with E-state index in [1.54, 1.807) is 30.3 Å². The Morgan fingerprint density at radius 3 is 2.48 bits per heavy atom. The fourth-order valence-electron chi connectivity index (χ4n) is 2.89. The summed E-state index contributed by atoms with van der Waals surface area (Å²) in [6.07, 6.45) is 0. The van der Waals surface area contributed by atoms with Crippen LogP contribution in [-0.2, 0) is 14.8 Å². The zero-order valence-corrected chi connectivity index (χ0v) is 16.0. The van der Waals surface area contributed by atoms with Gasteiger partial charge in [0.15, 0.2) is 0 Å². The molecule has 8 heteroatoms. The molecule has 0 spiro atoms. The topological polar surface area (TPSA) is 59.5 Å². The van der Waals surface area contributed by atoms with Crippen molar-refractivity contribution in [1.82, 2.24) is 9.29 Å². The van der Waals surface area contributed by atoms with Crippen molar-refractivity contribution in [2.75, 3.05) is 26.3 Å². The molecular weight excluding hydrogens is 387 g/mol. The minimum Gasteiger partial charge on any atom is -0.379 e. The molecule has 0 saturated carbocycles. The van der Waals surface area contributed by atoms with E-state index >= 15 is 0 Å². The van der Waals surface area contributed by atoms with Gasteiger partial charge < -0.3 is 4.74 Å². The van der Waals surface area contributed by atoms with Gasteiger partial charge in [0, 0.05) is 29.6 Å². The molecule has 2 heterocycles. The van der Waals surface area contributed by atoms with Crippen molar-refractivity contribution in [2.45, 2.75) is 4.90 Å². The quantitative estimate of drug-likeness (QED) is 0.666. The summed E-state index contributed by atoms with van der Waals surface area (Å²) in [5.41, 5.74) is 2.27. The fourth-order valence-corrected chi connectivity index (χ4v) is 5.13. The highest BCUT2D eigenvalue weighted by Crippen LogP contribution is 2.30. The van der Waals surface area contributed by atoms with Crippen LogP contribution < -0.4 is 0 Å². The van der Waals surface area contributed by atoms with Crippen LogP contribution in [0.15, 0.2) is 58.8 Å². The van der Waals surface area contributed by atoms with Gasteiger partial charge in [-0.1, -0.05) is 24.3 Å². The van der Waals surface area contributed by atoms with Crippen molar-refractivity contribution >= 4 is 21.4 Å². The Bertz CT molecular complexity index is 1040. The summed E-state index contributed by atoms with van der Waals surface area (Å²) in [5, 5.41) is 2.60. The lowest BCUT2D eigenvalue weighted by atomic mass is 10.2. The third-order valence-electron chi connectivity index (χ3n) is 4.33. The highest BCUT2D eigenvalue weighted by Gasteiger charge is 2.26. The molecule has 140 valence electrons. The van der Waals surface area contributed by atoms with Gasteiger partial charge in [0.25, 0.3) is 0 Å². The molecule has 1 aliphatic heterocycles. The molecule has 0 aliphatic carbocycles. The Hall–Kier alpha value is -2.13. The molecule has 3 aromatic rings. The lowest BCUT2D eigenvalue weighted by Crippen LogP contribution is -2.40. The summed E-state index contributed by atoms with van der Waals surface area (Å²) in [6, 6.07) is 13.0. The van der Waals surface area contributed by atoms with E-state index in [2.05, 4.69) is 4.98 Å². The van der Waals surface area contributed by atoms with Gasteiger partial charge in [-0.2, -0.15) is 4.31 Å². The first-order valence-corrected chi connectivity index (χ1v) is 10.8. The van der Waals surface area contributed by atoms with E-state index in [9.17, 15) is 12.8 Å². The van der Waals surface area contributed by atoms with E-state index in [1.165, 1.54) is 27.8 Å². The van der Waals surface area contributed by atoms with Crippen LogP contribution in [-0.4, -0.2) is 44.0 Å². The number of benzene rings is 2. The van der Waals surface area contributed by atoms with Crippen LogP contribution in [0.3, 0.4) is 0 Å². The molecule has 1 aliphatic rings. The molecule has 0 radical (unpaired) electrons. The number of rotatable bonds is 4. The SMILES string of the molecule is O=S(=O)(c1ccc(-c2csc(-c3cccc(F)c3)n2)cc1)N1CCOCC1. The number of thiazole rings is 1. The van der Waals surface area contributed by atoms with Crippen molar-refractivity contribution in [3.8, 4) is 21.8 Å². The van der Waals surface area contributed by atoms with Crippen LogP contribution in [0, 0.1) is 5.82 Å². The molecule has 1 fully saturated rings. The number of ether oxygens (including phenoxy) is 1. The average molecular weight is 404 g/mol. The Morgan fingerprint density at radius 2 is 1.78 bits per heavy atom. The van der Waals surface area contributed by atoms with Crippen LogP contribution in [0.5, 0.6) is 0 Å². The summed E-state index contributed by atoms with van der Waals surface area (Å²) in [4.78, 5) is 4.81. The minimum atomic E-state index is -3.51. The maximum Gasteiger partial charge on any atom is 0.243 e. The van der Waals surface area contributed by atoms with Gasteiger partial charge in [-0.3, -0.25) is 0 Å². The van der Waals surface area contributed by atoms with E-state index in [0.29, 0.717) is 26.3 Å². The van der Waals surface area contributed by atoms with Gasteiger partial charge in [0.1, 0.15) is 10.8 Å². The Balaban J connectivity index is 1.58. The number of sulfonamides is 1. The Morgan fingerprint density at radius 1 is 1.04 bits per heavy atom. The molecule has 2 aromatic carbocycles. The fraction of sp³-hybridized carbons (Fsp3) is 0.211. The van der Waals surface area contributed by atoms with E-state index < -0.39 is 10.0 Å². The molecule has 4 rings (SSSR count). The normalized spacial score (nSPS) is 15.7. The molecule has 0 N–H and O–H groups in total. The maximum absolute atomic E-state index is 13.4. The van der Waals surface area contributed by atoms with E-state index in [1.807, 2.05) is 11.4 Å². The smallest absolute Gasteiger partial charge is 0.243 e. The Labute approximate surface area is 161 Å². The zero-order chi connectivity index (χ0) is 18.9. The van der Waals surface area contributed by atoms with Crippen LogP contribution in [0.25, 0.3) is 21.8 Å². The summed E-state index contributed by atoms with van der Waals surface area (Å²) < 4.78 is 45.4. The third kappa shape index (κ3) is 3.79. The van der Waals surface area contributed by atoms with Gasteiger partial charge in [-0.05, 0) is 24.3 Å². The number of hydrogen-bond donors (Lipinski definition) is 0. The molecule has 0 atom stereocenters. The molecule has 1 saturated heterocycles. The monoisotopic (exact) mass is 404 g/mol. The summed E-state index contributed by atoms with van der Waals surface area (Å²) in [5.74, 6) is -0.304. The average Bonchev–Trinajstić information content (AvgIpc) is 3.19. The van der Waals surface area contributed by atoms with Crippen molar-refractivity contribution in [2.24, 2.45) is 0 Å². The highest BCUT2D eigenvalue weighted by atomic mass is 32.2. The molecule has 1 aromatic heterocycles. The second-order valence-electron chi connectivity index (χ2n) is 6.09. The van der Waals surface area contributed by atoms with Crippen molar-refractivity contribution in [3.05, 3.63) is 59.7 Å². The highest BCUT2D eigenvalue weighted by molar-refractivity contribution is 7.89. The van der Waals surface area contributed by atoms with Gasteiger partial charge in [-0.15, -0.1) is 11.3 Å². The van der Waals surface area contributed by atoms with Crippen LogP contribution in [0.2, 0.25) is 0 Å². The second-order valence-corrected chi connectivity index (χ2v) is 8.89.